The van der Waals surface area contributed by atoms with Gasteiger partial charge in [-0.05, 0) is 38.0 Å². The van der Waals surface area contributed by atoms with Crippen LogP contribution in [0.25, 0.3) is 0 Å². The lowest BCUT2D eigenvalue weighted by atomic mass is 10.0. The Labute approximate surface area is 102 Å². The second-order valence-corrected chi connectivity index (χ2v) is 5.47. The summed E-state index contributed by atoms with van der Waals surface area (Å²) in [5.74, 6) is -0.302. The van der Waals surface area contributed by atoms with Crippen molar-refractivity contribution in [2.75, 3.05) is 0 Å². The molecule has 0 aromatic rings. The van der Waals surface area contributed by atoms with Crippen LogP contribution < -0.4 is 5.32 Å². The summed E-state index contributed by atoms with van der Waals surface area (Å²) < 4.78 is 0. The molecule has 0 saturated heterocycles. The highest BCUT2D eigenvalue weighted by atomic mass is 16.4. The lowest BCUT2D eigenvalue weighted by molar-refractivity contribution is -0.141. The highest BCUT2D eigenvalue weighted by Crippen LogP contribution is 2.29. The molecule has 96 valence electrons. The van der Waals surface area contributed by atoms with Crippen molar-refractivity contribution in [2.24, 2.45) is 11.8 Å². The summed E-state index contributed by atoms with van der Waals surface area (Å²) in [4.78, 5) is 22.6. The third-order valence-electron chi connectivity index (χ3n) is 4.10. The zero-order valence-electron chi connectivity index (χ0n) is 10.2. The van der Waals surface area contributed by atoms with E-state index in [1.165, 1.54) is 25.7 Å². The number of carboxylic acids is 1. The van der Waals surface area contributed by atoms with Crippen molar-refractivity contribution in [1.29, 1.82) is 0 Å². The van der Waals surface area contributed by atoms with Gasteiger partial charge in [-0.15, -0.1) is 0 Å². The molecular weight excluding hydrogens is 218 g/mol. The summed E-state index contributed by atoms with van der Waals surface area (Å²) >= 11 is 0. The Hall–Kier alpha value is -1.06. The van der Waals surface area contributed by atoms with Crippen molar-refractivity contribution in [3.63, 3.8) is 0 Å². The average Bonchev–Trinajstić information content (AvgIpc) is 2.88. The fourth-order valence-electron chi connectivity index (χ4n) is 3.10. The van der Waals surface area contributed by atoms with Crippen LogP contribution in [-0.2, 0) is 9.59 Å². The summed E-state index contributed by atoms with van der Waals surface area (Å²) in [5.41, 5.74) is 0. The van der Waals surface area contributed by atoms with E-state index in [2.05, 4.69) is 5.32 Å². The molecule has 0 radical (unpaired) electrons. The Morgan fingerprint density at radius 1 is 1.12 bits per heavy atom. The molecule has 2 N–H and O–H groups in total. The van der Waals surface area contributed by atoms with Crippen molar-refractivity contribution in [3.8, 4) is 0 Å². The molecule has 0 aliphatic heterocycles. The maximum Gasteiger partial charge on any atom is 0.306 e. The van der Waals surface area contributed by atoms with Gasteiger partial charge in [0.15, 0.2) is 0 Å². The first-order chi connectivity index (χ1) is 8.15. The minimum absolute atomic E-state index is 0.0880. The van der Waals surface area contributed by atoms with Gasteiger partial charge in [0, 0.05) is 12.5 Å². The summed E-state index contributed by atoms with van der Waals surface area (Å²) in [7, 11) is 0. The van der Waals surface area contributed by atoms with E-state index in [0.717, 1.165) is 6.42 Å². The van der Waals surface area contributed by atoms with Crippen LogP contribution in [0.15, 0.2) is 0 Å². The van der Waals surface area contributed by atoms with Crippen molar-refractivity contribution in [2.45, 2.75) is 57.4 Å². The second-order valence-electron chi connectivity index (χ2n) is 5.47. The first-order valence-electron chi connectivity index (χ1n) is 6.67. The standard InChI is InChI=1S/C13H21NO3/c15-12(7-9-3-1-2-4-9)14-11-6-5-10(8-11)13(16)17/h9-11H,1-8H2,(H,14,15)(H,16,17)/t10-,11+/m1/s1. The van der Waals surface area contributed by atoms with E-state index in [-0.39, 0.29) is 17.9 Å². The Kier molecular flexibility index (Phi) is 4.02. The third kappa shape index (κ3) is 3.45. The summed E-state index contributed by atoms with van der Waals surface area (Å²) in [5, 5.41) is 11.9. The summed E-state index contributed by atoms with van der Waals surface area (Å²) in [6, 6.07) is 0.0880. The van der Waals surface area contributed by atoms with Crippen LogP contribution in [0.3, 0.4) is 0 Å². The molecule has 0 aromatic heterocycles. The Morgan fingerprint density at radius 3 is 2.41 bits per heavy atom. The molecule has 4 heteroatoms. The Bertz CT molecular complexity index is 297. The Morgan fingerprint density at radius 2 is 1.82 bits per heavy atom. The predicted octanol–water partition coefficient (Wildman–Crippen LogP) is 1.94. The van der Waals surface area contributed by atoms with E-state index >= 15 is 0 Å². The van der Waals surface area contributed by atoms with Gasteiger partial charge < -0.3 is 10.4 Å². The number of carboxylic acid groups (broad SMARTS) is 1. The fourth-order valence-corrected chi connectivity index (χ4v) is 3.10. The van der Waals surface area contributed by atoms with Crippen LogP contribution in [0, 0.1) is 11.8 Å². The zero-order chi connectivity index (χ0) is 12.3. The van der Waals surface area contributed by atoms with Crippen LogP contribution >= 0.6 is 0 Å². The van der Waals surface area contributed by atoms with Crippen molar-refractivity contribution in [1.82, 2.24) is 5.32 Å². The van der Waals surface area contributed by atoms with Gasteiger partial charge in [-0.3, -0.25) is 9.59 Å². The maximum atomic E-state index is 11.8. The molecule has 0 unspecified atom stereocenters. The Balaban J connectivity index is 1.70. The van der Waals surface area contributed by atoms with Crippen LogP contribution in [0.4, 0.5) is 0 Å². The van der Waals surface area contributed by atoms with E-state index in [1.54, 1.807) is 0 Å². The number of aliphatic carboxylic acids is 1. The lowest BCUT2D eigenvalue weighted by Gasteiger charge is -2.14. The van der Waals surface area contributed by atoms with Gasteiger partial charge in [-0.1, -0.05) is 12.8 Å². The minimum Gasteiger partial charge on any atom is -0.481 e. The molecule has 0 bridgehead atoms. The monoisotopic (exact) mass is 239 g/mol. The molecule has 0 heterocycles. The molecule has 2 atom stereocenters. The number of carbonyl (C=O) groups is 2. The fraction of sp³-hybridized carbons (Fsp3) is 0.846. The van der Waals surface area contributed by atoms with Gasteiger partial charge in [-0.25, -0.2) is 0 Å². The summed E-state index contributed by atoms with van der Waals surface area (Å²) in [6.07, 6.45) is 7.60. The van der Waals surface area contributed by atoms with Gasteiger partial charge in [0.1, 0.15) is 0 Å². The molecule has 0 aromatic carbocycles. The number of rotatable bonds is 4. The molecule has 2 aliphatic carbocycles. The van der Waals surface area contributed by atoms with E-state index in [9.17, 15) is 9.59 Å². The number of carbonyl (C=O) groups excluding carboxylic acids is 1. The minimum atomic E-state index is -0.724. The van der Waals surface area contributed by atoms with Crippen LogP contribution in [0.2, 0.25) is 0 Å². The van der Waals surface area contributed by atoms with Crippen LogP contribution in [0.1, 0.15) is 51.4 Å². The van der Waals surface area contributed by atoms with Gasteiger partial charge in [0.25, 0.3) is 0 Å². The van der Waals surface area contributed by atoms with E-state index in [0.29, 0.717) is 25.2 Å². The van der Waals surface area contributed by atoms with Crippen molar-refractivity contribution >= 4 is 11.9 Å². The second kappa shape index (κ2) is 5.52. The van der Waals surface area contributed by atoms with Gasteiger partial charge in [-0.2, -0.15) is 0 Å². The van der Waals surface area contributed by atoms with Crippen LogP contribution in [-0.4, -0.2) is 23.0 Å². The number of amides is 1. The van der Waals surface area contributed by atoms with Gasteiger partial charge in [0.05, 0.1) is 5.92 Å². The average molecular weight is 239 g/mol. The number of hydrogen-bond acceptors (Lipinski definition) is 2. The molecule has 2 saturated carbocycles. The van der Waals surface area contributed by atoms with E-state index in [4.69, 9.17) is 5.11 Å². The van der Waals surface area contributed by atoms with Gasteiger partial charge in [0.2, 0.25) is 5.91 Å². The largest absolute Gasteiger partial charge is 0.481 e. The van der Waals surface area contributed by atoms with Crippen molar-refractivity contribution in [3.05, 3.63) is 0 Å². The number of hydrogen-bond donors (Lipinski definition) is 2. The molecule has 17 heavy (non-hydrogen) atoms. The first-order valence-corrected chi connectivity index (χ1v) is 6.67. The quantitative estimate of drug-likeness (QED) is 0.787. The highest BCUT2D eigenvalue weighted by molar-refractivity contribution is 5.77. The highest BCUT2D eigenvalue weighted by Gasteiger charge is 2.30. The van der Waals surface area contributed by atoms with Crippen molar-refractivity contribution < 1.29 is 14.7 Å². The van der Waals surface area contributed by atoms with Crippen LogP contribution in [0.5, 0.6) is 0 Å². The SMILES string of the molecule is O=C(CC1CCCC1)N[C@H]1CC[C@@H](C(=O)O)C1. The van der Waals surface area contributed by atoms with Gasteiger partial charge >= 0.3 is 5.97 Å². The smallest absolute Gasteiger partial charge is 0.306 e. The first kappa shape index (κ1) is 12.4. The molecule has 2 fully saturated rings. The maximum absolute atomic E-state index is 11.8. The molecular formula is C13H21NO3. The molecule has 1 amide bonds. The topological polar surface area (TPSA) is 66.4 Å². The third-order valence-corrected chi connectivity index (χ3v) is 4.10. The number of nitrogens with one attached hydrogen (secondary N) is 1. The zero-order valence-corrected chi connectivity index (χ0v) is 10.2. The summed E-state index contributed by atoms with van der Waals surface area (Å²) in [6.45, 7) is 0. The van der Waals surface area contributed by atoms with E-state index in [1.807, 2.05) is 0 Å². The lowest BCUT2D eigenvalue weighted by Crippen LogP contribution is -2.34. The normalized spacial score (nSPS) is 29.4. The molecule has 0 spiro atoms. The van der Waals surface area contributed by atoms with E-state index < -0.39 is 5.97 Å². The predicted molar refractivity (Wildman–Crippen MR) is 63.5 cm³/mol. The molecule has 4 nitrogen and oxygen atoms in total. The molecule has 2 aliphatic rings. The molecule has 2 rings (SSSR count).